The highest BCUT2D eigenvalue weighted by atomic mass is 16.5. The molecule has 0 radical (unpaired) electrons. The van der Waals surface area contributed by atoms with Gasteiger partial charge in [0.2, 0.25) is 5.91 Å². The fourth-order valence-corrected chi connectivity index (χ4v) is 1.02. The quantitative estimate of drug-likeness (QED) is 0.565. The van der Waals surface area contributed by atoms with Crippen molar-refractivity contribution in [2.75, 3.05) is 13.2 Å². The smallest absolute Gasteiger partial charge is 0.234 e. The molecule has 4 heteroatoms. The van der Waals surface area contributed by atoms with E-state index in [-0.39, 0.29) is 11.9 Å². The highest BCUT2D eigenvalue weighted by molar-refractivity contribution is 5.79. The first-order chi connectivity index (χ1) is 5.24. The molecule has 1 unspecified atom stereocenters. The fourth-order valence-electron chi connectivity index (χ4n) is 1.02. The van der Waals surface area contributed by atoms with Crippen molar-refractivity contribution in [1.29, 1.82) is 0 Å². The first-order valence-corrected chi connectivity index (χ1v) is 3.87. The van der Waals surface area contributed by atoms with Gasteiger partial charge in [0.15, 0.2) is 0 Å². The van der Waals surface area contributed by atoms with Crippen molar-refractivity contribution < 1.29 is 9.53 Å². The lowest BCUT2D eigenvalue weighted by Gasteiger charge is -2.29. The predicted octanol–water partition coefficient (Wildman–Crippen LogP) is -0.761. The molecule has 0 aromatic rings. The van der Waals surface area contributed by atoms with E-state index < -0.39 is 0 Å². The molecule has 0 aliphatic carbocycles. The maximum atomic E-state index is 10.7. The van der Waals surface area contributed by atoms with Gasteiger partial charge in [-0.3, -0.25) is 10.1 Å². The Balaban J connectivity index is 2.24. The third-order valence-electron chi connectivity index (χ3n) is 1.83. The van der Waals surface area contributed by atoms with Crippen LogP contribution in [0.2, 0.25) is 0 Å². The van der Waals surface area contributed by atoms with Crippen LogP contribution in [0, 0.1) is 0 Å². The van der Waals surface area contributed by atoms with E-state index in [0.29, 0.717) is 19.3 Å². The first-order valence-electron chi connectivity index (χ1n) is 3.87. The van der Waals surface area contributed by atoms with Gasteiger partial charge < -0.3 is 10.5 Å². The number of hydrogen-bond acceptors (Lipinski definition) is 3. The van der Waals surface area contributed by atoms with Crippen LogP contribution in [0.1, 0.15) is 13.3 Å². The van der Waals surface area contributed by atoms with Crippen molar-refractivity contribution >= 4 is 5.91 Å². The third kappa shape index (κ3) is 2.17. The summed E-state index contributed by atoms with van der Waals surface area (Å²) in [4.78, 5) is 10.7. The van der Waals surface area contributed by atoms with E-state index >= 15 is 0 Å². The second kappa shape index (κ2) is 3.69. The molecule has 1 fully saturated rings. The van der Waals surface area contributed by atoms with Crippen LogP contribution in [-0.2, 0) is 9.53 Å². The summed E-state index contributed by atoms with van der Waals surface area (Å²) >= 11 is 0. The Labute approximate surface area is 66.1 Å². The number of nitrogens with one attached hydrogen (secondary N) is 1. The van der Waals surface area contributed by atoms with Crippen molar-refractivity contribution in [2.24, 2.45) is 5.73 Å². The topological polar surface area (TPSA) is 64.3 Å². The Morgan fingerprint density at radius 2 is 2.45 bits per heavy atom. The van der Waals surface area contributed by atoms with Crippen molar-refractivity contribution in [3.63, 3.8) is 0 Å². The standard InChI is InChI=1S/C7H14N2O2/c1-2-6(7(8)10)9-5-3-11-4-5/h5-6,9H,2-4H2,1H3,(H2,8,10). The molecule has 1 heterocycles. The molecule has 1 amide bonds. The van der Waals surface area contributed by atoms with E-state index in [1.165, 1.54) is 0 Å². The molecule has 11 heavy (non-hydrogen) atoms. The van der Waals surface area contributed by atoms with Crippen LogP contribution >= 0.6 is 0 Å². The Bertz CT molecular complexity index is 145. The Morgan fingerprint density at radius 1 is 1.82 bits per heavy atom. The van der Waals surface area contributed by atoms with Crippen LogP contribution in [-0.4, -0.2) is 31.2 Å². The number of nitrogens with two attached hydrogens (primary N) is 1. The first kappa shape index (κ1) is 8.49. The summed E-state index contributed by atoms with van der Waals surface area (Å²) in [5.41, 5.74) is 5.13. The van der Waals surface area contributed by atoms with Gasteiger partial charge in [-0.2, -0.15) is 0 Å². The van der Waals surface area contributed by atoms with E-state index in [9.17, 15) is 4.79 Å². The molecule has 1 rings (SSSR count). The normalized spacial score (nSPS) is 20.8. The van der Waals surface area contributed by atoms with Gasteiger partial charge in [-0.25, -0.2) is 0 Å². The number of amides is 1. The number of carbonyl (C=O) groups excluding carboxylic acids is 1. The summed E-state index contributed by atoms with van der Waals surface area (Å²) in [6.07, 6.45) is 0.742. The summed E-state index contributed by atoms with van der Waals surface area (Å²) in [6.45, 7) is 3.33. The molecule has 1 aliphatic rings. The highest BCUT2D eigenvalue weighted by Crippen LogP contribution is 2.02. The molecule has 3 N–H and O–H groups in total. The molecule has 0 aromatic heterocycles. The van der Waals surface area contributed by atoms with Crippen LogP contribution in [0.3, 0.4) is 0 Å². The molecule has 0 aromatic carbocycles. The van der Waals surface area contributed by atoms with E-state index in [4.69, 9.17) is 10.5 Å². The summed E-state index contributed by atoms with van der Waals surface area (Å²) in [7, 11) is 0. The number of ether oxygens (including phenoxy) is 1. The van der Waals surface area contributed by atoms with Crippen molar-refractivity contribution in [2.45, 2.75) is 25.4 Å². The molecule has 0 saturated carbocycles. The van der Waals surface area contributed by atoms with Crippen LogP contribution in [0.15, 0.2) is 0 Å². The van der Waals surface area contributed by atoms with Crippen molar-refractivity contribution in [1.82, 2.24) is 5.32 Å². The zero-order chi connectivity index (χ0) is 8.27. The lowest BCUT2D eigenvalue weighted by atomic mass is 10.1. The molecule has 1 saturated heterocycles. The van der Waals surface area contributed by atoms with Gasteiger partial charge in [-0.1, -0.05) is 6.92 Å². The Morgan fingerprint density at radius 3 is 2.73 bits per heavy atom. The number of hydrogen-bond donors (Lipinski definition) is 2. The molecular formula is C7H14N2O2. The van der Waals surface area contributed by atoms with Gasteiger partial charge in [0.1, 0.15) is 0 Å². The summed E-state index contributed by atoms with van der Waals surface area (Å²) in [5.74, 6) is -0.278. The fraction of sp³-hybridized carbons (Fsp3) is 0.857. The van der Waals surface area contributed by atoms with E-state index in [0.717, 1.165) is 6.42 Å². The summed E-state index contributed by atoms with van der Waals surface area (Å²) in [6, 6.07) is 0.136. The van der Waals surface area contributed by atoms with Crippen LogP contribution < -0.4 is 11.1 Å². The number of rotatable bonds is 4. The van der Waals surface area contributed by atoms with Gasteiger partial charge in [0.05, 0.1) is 25.3 Å². The molecule has 1 atom stereocenters. The van der Waals surface area contributed by atoms with Gasteiger partial charge in [-0.05, 0) is 6.42 Å². The van der Waals surface area contributed by atoms with E-state index in [2.05, 4.69) is 5.32 Å². The van der Waals surface area contributed by atoms with Gasteiger partial charge >= 0.3 is 0 Å². The minimum absolute atomic E-state index is 0.191. The number of carbonyl (C=O) groups is 1. The van der Waals surface area contributed by atoms with Gasteiger partial charge in [0.25, 0.3) is 0 Å². The Kier molecular flexibility index (Phi) is 2.84. The lowest BCUT2D eigenvalue weighted by molar-refractivity contribution is -0.121. The SMILES string of the molecule is CCC(NC1COC1)C(N)=O. The third-order valence-corrected chi connectivity index (χ3v) is 1.83. The molecule has 1 aliphatic heterocycles. The van der Waals surface area contributed by atoms with Crippen molar-refractivity contribution in [3.8, 4) is 0 Å². The van der Waals surface area contributed by atoms with Crippen LogP contribution in [0.5, 0.6) is 0 Å². The maximum Gasteiger partial charge on any atom is 0.234 e. The average molecular weight is 158 g/mol. The average Bonchev–Trinajstić information content (AvgIpc) is 1.85. The van der Waals surface area contributed by atoms with Crippen LogP contribution in [0.25, 0.3) is 0 Å². The zero-order valence-corrected chi connectivity index (χ0v) is 6.67. The van der Waals surface area contributed by atoms with Crippen LogP contribution in [0.4, 0.5) is 0 Å². The minimum atomic E-state index is -0.278. The Hall–Kier alpha value is -0.610. The minimum Gasteiger partial charge on any atom is -0.378 e. The molecular weight excluding hydrogens is 144 g/mol. The largest absolute Gasteiger partial charge is 0.378 e. The molecule has 64 valence electrons. The summed E-state index contributed by atoms with van der Waals surface area (Å²) < 4.78 is 4.95. The molecule has 0 spiro atoms. The molecule has 0 bridgehead atoms. The lowest BCUT2D eigenvalue weighted by Crippen LogP contribution is -2.54. The highest BCUT2D eigenvalue weighted by Gasteiger charge is 2.23. The second-order valence-corrected chi connectivity index (χ2v) is 2.76. The molecule has 4 nitrogen and oxygen atoms in total. The maximum absolute atomic E-state index is 10.7. The zero-order valence-electron chi connectivity index (χ0n) is 6.67. The van der Waals surface area contributed by atoms with Gasteiger partial charge in [0, 0.05) is 0 Å². The second-order valence-electron chi connectivity index (χ2n) is 2.76. The van der Waals surface area contributed by atoms with E-state index in [1.807, 2.05) is 6.92 Å². The van der Waals surface area contributed by atoms with Crippen molar-refractivity contribution in [3.05, 3.63) is 0 Å². The van der Waals surface area contributed by atoms with Gasteiger partial charge in [-0.15, -0.1) is 0 Å². The number of primary amides is 1. The van der Waals surface area contributed by atoms with E-state index in [1.54, 1.807) is 0 Å². The monoisotopic (exact) mass is 158 g/mol. The predicted molar refractivity (Wildman–Crippen MR) is 41.0 cm³/mol. The summed E-state index contributed by atoms with van der Waals surface area (Å²) in [5, 5.41) is 3.10.